The molecule has 1 unspecified atom stereocenters. The number of Topliss-reactive ketones (excluding diaryl/α,β-unsaturated/α-hetero) is 3. The molecule has 4 heterocycles. The number of allylic oxidation sites excluding steroid dienone is 6. The predicted octanol–water partition coefficient (Wildman–Crippen LogP) is 5.23. The minimum absolute atomic E-state index is 0.000530. The second kappa shape index (κ2) is 25.7. The first-order valence-electron chi connectivity index (χ1n) is 25.2. The standard InChI is InChI=1S/C52H79N5O12/c1-31-14-10-9-11-15-32(2)39(28-58)26-41-19-17-37(7)52(66,69-41)49(63)50(64)56-21-13-12-16-43(56)51(65)68-45(34(4)24-38-18-20-42(40(25-38)29-59)57-30-53-54-55-57)27-44(60)33(3)23-36(6)47(62)48(67-8)46(61)35(5)22-31/h9-11,14-15,23,30-31,34-43,45,47-48,58-59,62,66H,12-13,16-22,24-29H2,1-8H3/b11-9?,14-10?,32-15?,33-23+/t31-,34-,35+,36?,37-,38+,39-,40+,41+,42+,43+,45+,47-,48+,52-/m1/s1. The van der Waals surface area contributed by atoms with Crippen LogP contribution in [0.1, 0.15) is 132 Å². The van der Waals surface area contributed by atoms with Crippen LogP contribution in [-0.4, -0.2) is 138 Å². The number of nitrogens with zero attached hydrogens (tertiary/aromatic N) is 5. The van der Waals surface area contributed by atoms with Crippen LogP contribution in [0.25, 0.3) is 0 Å². The van der Waals surface area contributed by atoms with E-state index in [1.165, 1.54) is 12.0 Å². The van der Waals surface area contributed by atoms with Gasteiger partial charge in [0.2, 0.25) is 5.79 Å². The van der Waals surface area contributed by atoms with Crippen LogP contribution in [0.4, 0.5) is 0 Å². The number of aromatic nitrogens is 4. The number of rotatable bonds is 7. The molecular formula is C52H79N5O12. The van der Waals surface area contributed by atoms with Crippen molar-refractivity contribution in [1.82, 2.24) is 25.1 Å². The van der Waals surface area contributed by atoms with Gasteiger partial charge in [-0.15, -0.1) is 5.10 Å². The third-order valence-corrected chi connectivity index (χ3v) is 15.5. The van der Waals surface area contributed by atoms with Gasteiger partial charge in [-0.05, 0) is 118 Å². The Morgan fingerprint density at radius 2 is 1.68 bits per heavy atom. The van der Waals surface area contributed by atoms with Gasteiger partial charge < -0.3 is 39.5 Å². The smallest absolute Gasteiger partial charge is 0.329 e. The lowest BCUT2D eigenvalue weighted by Crippen LogP contribution is -2.60. The number of carbonyl (C=O) groups is 5. The minimum atomic E-state index is -2.47. The van der Waals surface area contributed by atoms with Gasteiger partial charge in [0.05, 0.1) is 18.2 Å². The van der Waals surface area contributed by atoms with E-state index in [1.54, 1.807) is 44.8 Å². The quantitative estimate of drug-likeness (QED) is 0.202. The number of fused-ring (bicyclic) bond motifs is 3. The van der Waals surface area contributed by atoms with Crippen LogP contribution in [0.5, 0.6) is 0 Å². The Kier molecular flexibility index (Phi) is 20.8. The normalized spacial score (nSPS) is 37.1. The van der Waals surface area contributed by atoms with Crippen molar-refractivity contribution in [2.75, 3.05) is 26.9 Å². The molecule has 2 bridgehead atoms. The van der Waals surface area contributed by atoms with E-state index < -0.39 is 71.7 Å². The second-order valence-corrected chi connectivity index (χ2v) is 20.7. The number of esters is 1. The predicted molar refractivity (Wildman–Crippen MR) is 256 cm³/mol. The van der Waals surface area contributed by atoms with E-state index >= 15 is 0 Å². The summed E-state index contributed by atoms with van der Waals surface area (Å²) in [6.07, 6.45) is 13.9. The number of aliphatic hydroxyl groups is 4. The zero-order chi connectivity index (χ0) is 50.6. The summed E-state index contributed by atoms with van der Waals surface area (Å²) < 4.78 is 19.7. The molecule has 0 radical (unpaired) electrons. The zero-order valence-corrected chi connectivity index (χ0v) is 42.0. The highest BCUT2D eigenvalue weighted by Crippen LogP contribution is 2.41. The third kappa shape index (κ3) is 14.2. The first-order chi connectivity index (χ1) is 32.8. The molecule has 17 nitrogen and oxygen atoms in total. The largest absolute Gasteiger partial charge is 0.460 e. The van der Waals surface area contributed by atoms with E-state index in [2.05, 4.69) is 15.5 Å². The average molecular weight is 966 g/mol. The van der Waals surface area contributed by atoms with Crippen molar-refractivity contribution in [2.45, 2.75) is 168 Å². The van der Waals surface area contributed by atoms with E-state index in [9.17, 15) is 44.4 Å². The van der Waals surface area contributed by atoms with Crippen molar-refractivity contribution in [3.63, 3.8) is 0 Å². The summed E-state index contributed by atoms with van der Waals surface area (Å²) in [6.45, 7) is 12.3. The molecule has 3 aliphatic heterocycles. The molecule has 1 amide bonds. The topological polar surface area (TPSA) is 241 Å². The summed E-state index contributed by atoms with van der Waals surface area (Å²) in [6, 6.07) is -1.26. The van der Waals surface area contributed by atoms with Crippen LogP contribution in [-0.2, 0) is 38.2 Å². The van der Waals surface area contributed by atoms with E-state index in [0.29, 0.717) is 56.9 Å². The van der Waals surface area contributed by atoms with E-state index in [0.717, 1.165) is 12.0 Å². The number of aliphatic hydroxyl groups excluding tert-OH is 3. The molecule has 1 saturated carbocycles. The molecule has 0 aromatic carbocycles. The lowest BCUT2D eigenvalue weighted by molar-refractivity contribution is -0.265. The van der Waals surface area contributed by atoms with Crippen LogP contribution in [0, 0.1) is 47.3 Å². The number of piperidine rings is 1. The molecule has 1 aromatic rings. The Bertz CT molecular complexity index is 2020. The number of cyclic esters (lactones) is 1. The van der Waals surface area contributed by atoms with Gasteiger partial charge in [-0.2, -0.15) is 0 Å². The molecule has 15 atom stereocenters. The van der Waals surface area contributed by atoms with E-state index in [1.807, 2.05) is 51.2 Å². The molecule has 4 N–H and O–H groups in total. The SMILES string of the molecule is CO[C@H]1C(=O)[C@@H](C)C[C@H](C)C=CC=CC=C(C)[C@@H](CO)C[C@@H]2CC[C@@H](C)[C@@](O)(O2)C(=O)C(=O)N2CCCC[C@H]2C(=O)O[C@H]([C@H](C)C[C@@H]2CC[C@H](n3cnnn3)[C@H](CO)C2)CC(=O)/C(C)=C/C(C)[C@H]1O. The van der Waals surface area contributed by atoms with Crippen molar-refractivity contribution < 1.29 is 58.6 Å². The lowest BCUT2D eigenvalue weighted by atomic mass is 9.74. The van der Waals surface area contributed by atoms with Gasteiger partial charge in [0.15, 0.2) is 11.6 Å². The molecule has 384 valence electrons. The van der Waals surface area contributed by atoms with Gasteiger partial charge in [0.1, 0.15) is 24.6 Å². The number of amides is 1. The molecule has 5 rings (SSSR count). The molecule has 3 fully saturated rings. The molecule has 1 aliphatic carbocycles. The van der Waals surface area contributed by atoms with Crippen molar-refractivity contribution in [3.05, 3.63) is 53.9 Å². The maximum Gasteiger partial charge on any atom is 0.329 e. The zero-order valence-electron chi connectivity index (χ0n) is 42.0. The van der Waals surface area contributed by atoms with Gasteiger partial charge >= 0.3 is 5.97 Å². The summed E-state index contributed by atoms with van der Waals surface area (Å²) >= 11 is 0. The fraction of sp³-hybridized carbons (Fsp3) is 0.731. The third-order valence-electron chi connectivity index (χ3n) is 15.5. The van der Waals surface area contributed by atoms with E-state index in [-0.39, 0.29) is 86.2 Å². The molecular weight excluding hydrogens is 887 g/mol. The highest BCUT2D eigenvalue weighted by atomic mass is 16.6. The number of ether oxygens (including phenoxy) is 3. The Labute approximate surface area is 407 Å². The maximum absolute atomic E-state index is 14.5. The molecule has 1 aromatic heterocycles. The van der Waals surface area contributed by atoms with Gasteiger partial charge in [0, 0.05) is 62.9 Å². The summed E-state index contributed by atoms with van der Waals surface area (Å²) in [4.78, 5) is 72.1. The summed E-state index contributed by atoms with van der Waals surface area (Å²) in [5.74, 6) is -8.71. The highest BCUT2D eigenvalue weighted by Gasteiger charge is 2.53. The number of carbonyl (C=O) groups excluding carboxylic acids is 5. The Morgan fingerprint density at radius 3 is 2.36 bits per heavy atom. The molecule has 4 aliphatic rings. The summed E-state index contributed by atoms with van der Waals surface area (Å²) in [5, 5.41) is 55.9. The Hall–Kier alpha value is -4.26. The van der Waals surface area contributed by atoms with Crippen LogP contribution in [0.15, 0.2) is 53.9 Å². The maximum atomic E-state index is 14.5. The number of hydrogen-bond acceptors (Lipinski definition) is 15. The van der Waals surface area contributed by atoms with Crippen LogP contribution in [0.2, 0.25) is 0 Å². The minimum Gasteiger partial charge on any atom is -0.460 e. The average Bonchev–Trinajstić information content (AvgIpc) is 3.88. The second-order valence-electron chi connectivity index (χ2n) is 20.7. The molecule has 69 heavy (non-hydrogen) atoms. The van der Waals surface area contributed by atoms with Crippen molar-refractivity contribution in [1.29, 1.82) is 0 Å². The van der Waals surface area contributed by atoms with Crippen molar-refractivity contribution >= 4 is 29.2 Å². The van der Waals surface area contributed by atoms with Gasteiger partial charge in [-0.1, -0.05) is 76.6 Å². The number of methoxy groups -OCH3 is 1. The van der Waals surface area contributed by atoms with Crippen LogP contribution >= 0.6 is 0 Å². The van der Waals surface area contributed by atoms with Gasteiger partial charge in [-0.25, -0.2) is 9.48 Å². The van der Waals surface area contributed by atoms with Crippen LogP contribution in [0.3, 0.4) is 0 Å². The fourth-order valence-corrected chi connectivity index (χ4v) is 10.9. The monoisotopic (exact) mass is 966 g/mol. The lowest BCUT2D eigenvalue weighted by Gasteiger charge is -2.43. The van der Waals surface area contributed by atoms with Gasteiger partial charge in [0.25, 0.3) is 11.7 Å². The fourth-order valence-electron chi connectivity index (χ4n) is 10.9. The number of hydrogen-bond donors (Lipinski definition) is 4. The molecule has 17 heteroatoms. The van der Waals surface area contributed by atoms with Crippen LogP contribution < -0.4 is 0 Å². The summed E-state index contributed by atoms with van der Waals surface area (Å²) in [5.41, 5.74) is 1.15. The van der Waals surface area contributed by atoms with Crippen molar-refractivity contribution in [3.8, 4) is 0 Å². The Morgan fingerprint density at radius 1 is 0.928 bits per heavy atom. The number of tetrazole rings is 1. The Balaban J connectivity index is 1.46. The van der Waals surface area contributed by atoms with E-state index in [4.69, 9.17) is 14.2 Å². The number of ketones is 3. The first-order valence-corrected chi connectivity index (χ1v) is 25.2. The van der Waals surface area contributed by atoms with Gasteiger partial charge in [-0.3, -0.25) is 19.2 Å². The summed E-state index contributed by atoms with van der Waals surface area (Å²) in [7, 11) is 1.38. The molecule has 0 spiro atoms. The first kappa shape index (κ1) is 55.7. The molecule has 2 saturated heterocycles. The van der Waals surface area contributed by atoms with Crippen molar-refractivity contribution in [2.24, 2.45) is 47.3 Å². The highest BCUT2D eigenvalue weighted by molar-refractivity contribution is 6.39.